The fourth-order valence-corrected chi connectivity index (χ4v) is 1.98. The third-order valence-corrected chi connectivity index (χ3v) is 3.29. The van der Waals surface area contributed by atoms with Gasteiger partial charge < -0.3 is 10.2 Å². The van der Waals surface area contributed by atoms with Crippen LogP contribution in [0, 0.1) is 6.92 Å². The van der Waals surface area contributed by atoms with Crippen LogP contribution in [-0.2, 0) is 6.54 Å². The van der Waals surface area contributed by atoms with E-state index in [9.17, 15) is 0 Å². The summed E-state index contributed by atoms with van der Waals surface area (Å²) < 4.78 is 0. The molecule has 20 heavy (non-hydrogen) atoms. The van der Waals surface area contributed by atoms with Crippen molar-refractivity contribution in [3.8, 4) is 0 Å². The van der Waals surface area contributed by atoms with Gasteiger partial charge in [-0.15, -0.1) is 0 Å². The fourth-order valence-electron chi connectivity index (χ4n) is 1.98. The standard InChI is InChI=1S/C17H23N3/c1-13(2)19-12-15-9-10-18-17(11-15)20(4)16-7-5-14(3)6-8-16/h5-11,13,19H,12H2,1-4H3. The van der Waals surface area contributed by atoms with E-state index >= 15 is 0 Å². The zero-order chi connectivity index (χ0) is 14.5. The van der Waals surface area contributed by atoms with Gasteiger partial charge in [-0.25, -0.2) is 4.98 Å². The van der Waals surface area contributed by atoms with Gasteiger partial charge >= 0.3 is 0 Å². The highest BCUT2D eigenvalue weighted by atomic mass is 15.2. The highest BCUT2D eigenvalue weighted by Gasteiger charge is 2.06. The van der Waals surface area contributed by atoms with E-state index in [1.807, 2.05) is 13.2 Å². The van der Waals surface area contributed by atoms with Gasteiger partial charge in [0.2, 0.25) is 0 Å². The van der Waals surface area contributed by atoms with Crippen LogP contribution >= 0.6 is 0 Å². The predicted octanol–water partition coefficient (Wildman–Crippen LogP) is 3.66. The van der Waals surface area contributed by atoms with Crippen LogP contribution in [0.4, 0.5) is 11.5 Å². The molecule has 1 N–H and O–H groups in total. The predicted molar refractivity (Wildman–Crippen MR) is 85.5 cm³/mol. The van der Waals surface area contributed by atoms with Crippen molar-refractivity contribution in [2.24, 2.45) is 0 Å². The summed E-state index contributed by atoms with van der Waals surface area (Å²) in [7, 11) is 2.05. The molecule has 1 aromatic carbocycles. The molecule has 1 heterocycles. The molecule has 0 saturated carbocycles. The third-order valence-electron chi connectivity index (χ3n) is 3.29. The molecule has 2 aromatic rings. The summed E-state index contributed by atoms with van der Waals surface area (Å²) in [4.78, 5) is 6.57. The summed E-state index contributed by atoms with van der Waals surface area (Å²) in [5, 5.41) is 3.43. The molecule has 0 fully saturated rings. The molecule has 0 spiro atoms. The Bertz CT molecular complexity index is 546. The number of hydrogen-bond donors (Lipinski definition) is 1. The lowest BCUT2D eigenvalue weighted by molar-refractivity contribution is 0.588. The van der Waals surface area contributed by atoms with Gasteiger partial charge in [0.05, 0.1) is 0 Å². The highest BCUT2D eigenvalue weighted by molar-refractivity contribution is 5.59. The lowest BCUT2D eigenvalue weighted by atomic mass is 10.2. The number of rotatable bonds is 5. The Morgan fingerprint density at radius 1 is 1.15 bits per heavy atom. The minimum Gasteiger partial charge on any atom is -0.329 e. The molecular weight excluding hydrogens is 246 g/mol. The van der Waals surface area contributed by atoms with Gasteiger partial charge in [0.25, 0.3) is 0 Å². The molecule has 0 aliphatic rings. The van der Waals surface area contributed by atoms with Crippen LogP contribution < -0.4 is 10.2 Å². The SMILES string of the molecule is Cc1ccc(N(C)c2cc(CNC(C)C)ccn2)cc1. The summed E-state index contributed by atoms with van der Waals surface area (Å²) in [6, 6.07) is 13.2. The van der Waals surface area contributed by atoms with Crippen LogP contribution in [0.3, 0.4) is 0 Å². The Labute approximate surface area is 121 Å². The first-order chi connectivity index (χ1) is 9.56. The van der Waals surface area contributed by atoms with Gasteiger partial charge in [0.1, 0.15) is 5.82 Å². The molecule has 3 heteroatoms. The summed E-state index contributed by atoms with van der Waals surface area (Å²) in [5.74, 6) is 0.969. The molecule has 0 aliphatic carbocycles. The molecule has 2 rings (SSSR count). The first kappa shape index (κ1) is 14.5. The molecule has 3 nitrogen and oxygen atoms in total. The molecule has 0 aliphatic heterocycles. The Balaban J connectivity index is 2.15. The summed E-state index contributed by atoms with van der Waals surface area (Å²) in [5.41, 5.74) is 3.67. The van der Waals surface area contributed by atoms with Crippen molar-refractivity contribution in [2.75, 3.05) is 11.9 Å². The number of pyridine rings is 1. The Morgan fingerprint density at radius 3 is 2.50 bits per heavy atom. The number of hydrogen-bond acceptors (Lipinski definition) is 3. The highest BCUT2D eigenvalue weighted by Crippen LogP contribution is 2.22. The van der Waals surface area contributed by atoms with Crippen LogP contribution in [-0.4, -0.2) is 18.1 Å². The molecule has 0 amide bonds. The average molecular weight is 269 g/mol. The van der Waals surface area contributed by atoms with Crippen molar-refractivity contribution >= 4 is 11.5 Å². The van der Waals surface area contributed by atoms with Crippen molar-refractivity contribution in [1.82, 2.24) is 10.3 Å². The van der Waals surface area contributed by atoms with Crippen molar-refractivity contribution in [2.45, 2.75) is 33.4 Å². The van der Waals surface area contributed by atoms with Gasteiger partial charge in [-0.05, 0) is 36.8 Å². The number of aryl methyl sites for hydroxylation is 1. The smallest absolute Gasteiger partial charge is 0.132 e. The maximum Gasteiger partial charge on any atom is 0.132 e. The number of nitrogens with one attached hydrogen (secondary N) is 1. The molecule has 0 atom stereocenters. The lowest BCUT2D eigenvalue weighted by Crippen LogP contribution is -2.22. The van der Waals surface area contributed by atoms with E-state index in [0.717, 1.165) is 18.1 Å². The summed E-state index contributed by atoms with van der Waals surface area (Å²) in [6.07, 6.45) is 1.87. The number of benzene rings is 1. The second-order valence-electron chi connectivity index (χ2n) is 5.45. The molecule has 0 saturated heterocycles. The quantitative estimate of drug-likeness (QED) is 0.898. The Morgan fingerprint density at radius 2 is 1.85 bits per heavy atom. The largest absolute Gasteiger partial charge is 0.329 e. The van der Waals surface area contributed by atoms with Gasteiger partial charge in [-0.1, -0.05) is 31.5 Å². The van der Waals surface area contributed by atoms with Crippen LogP contribution in [0.2, 0.25) is 0 Å². The average Bonchev–Trinajstić information content (AvgIpc) is 2.45. The van der Waals surface area contributed by atoms with E-state index in [1.54, 1.807) is 0 Å². The van der Waals surface area contributed by atoms with E-state index < -0.39 is 0 Å². The molecule has 0 radical (unpaired) electrons. The summed E-state index contributed by atoms with van der Waals surface area (Å²) >= 11 is 0. The van der Waals surface area contributed by atoms with E-state index in [0.29, 0.717) is 6.04 Å². The van der Waals surface area contributed by atoms with Gasteiger partial charge in [-0.3, -0.25) is 0 Å². The number of anilines is 2. The van der Waals surface area contributed by atoms with Crippen LogP contribution in [0.15, 0.2) is 42.6 Å². The van der Waals surface area contributed by atoms with Crippen LogP contribution in [0.1, 0.15) is 25.0 Å². The lowest BCUT2D eigenvalue weighted by Gasteiger charge is -2.19. The molecule has 1 aromatic heterocycles. The van der Waals surface area contributed by atoms with Gasteiger partial charge in [0.15, 0.2) is 0 Å². The Kier molecular flexibility index (Phi) is 4.74. The van der Waals surface area contributed by atoms with Gasteiger partial charge in [-0.2, -0.15) is 0 Å². The summed E-state index contributed by atoms with van der Waals surface area (Å²) in [6.45, 7) is 7.27. The molecule has 0 bridgehead atoms. The molecule has 106 valence electrons. The zero-order valence-electron chi connectivity index (χ0n) is 12.7. The third kappa shape index (κ3) is 3.81. The Hall–Kier alpha value is -1.87. The number of nitrogens with zero attached hydrogens (tertiary/aromatic N) is 2. The first-order valence-corrected chi connectivity index (χ1v) is 7.05. The molecule has 0 unspecified atom stereocenters. The van der Waals surface area contributed by atoms with Crippen molar-refractivity contribution in [1.29, 1.82) is 0 Å². The van der Waals surface area contributed by atoms with E-state index in [2.05, 4.69) is 72.4 Å². The van der Waals surface area contributed by atoms with Crippen LogP contribution in [0.25, 0.3) is 0 Å². The van der Waals surface area contributed by atoms with E-state index in [1.165, 1.54) is 11.1 Å². The zero-order valence-corrected chi connectivity index (χ0v) is 12.7. The second-order valence-corrected chi connectivity index (χ2v) is 5.45. The van der Waals surface area contributed by atoms with E-state index in [-0.39, 0.29) is 0 Å². The first-order valence-electron chi connectivity index (χ1n) is 7.05. The van der Waals surface area contributed by atoms with Crippen molar-refractivity contribution in [3.05, 3.63) is 53.7 Å². The van der Waals surface area contributed by atoms with Crippen molar-refractivity contribution < 1.29 is 0 Å². The second kappa shape index (κ2) is 6.53. The van der Waals surface area contributed by atoms with Crippen molar-refractivity contribution in [3.63, 3.8) is 0 Å². The van der Waals surface area contributed by atoms with E-state index in [4.69, 9.17) is 0 Å². The molecular formula is C17H23N3. The minimum atomic E-state index is 0.487. The van der Waals surface area contributed by atoms with Gasteiger partial charge in [0, 0.05) is 31.5 Å². The van der Waals surface area contributed by atoms with Crippen LogP contribution in [0.5, 0.6) is 0 Å². The number of aromatic nitrogens is 1. The normalized spacial score (nSPS) is 10.8. The maximum atomic E-state index is 4.46. The topological polar surface area (TPSA) is 28.2 Å². The monoisotopic (exact) mass is 269 g/mol. The minimum absolute atomic E-state index is 0.487. The fraction of sp³-hybridized carbons (Fsp3) is 0.353. The maximum absolute atomic E-state index is 4.46.